The van der Waals surface area contributed by atoms with Gasteiger partial charge < -0.3 is 15.0 Å². The van der Waals surface area contributed by atoms with Gasteiger partial charge in [0.05, 0.1) is 13.2 Å². The minimum absolute atomic E-state index is 0.0809. The summed E-state index contributed by atoms with van der Waals surface area (Å²) >= 11 is 17.9. The molecule has 1 aliphatic rings. The van der Waals surface area contributed by atoms with Gasteiger partial charge in [-0.25, -0.2) is 0 Å². The van der Waals surface area contributed by atoms with Crippen LogP contribution in [0.25, 0.3) is 0 Å². The highest BCUT2D eigenvalue weighted by atomic mass is 35.6. The summed E-state index contributed by atoms with van der Waals surface area (Å²) in [4.78, 5) is 14.9. The Balaban J connectivity index is 1.94. The quantitative estimate of drug-likeness (QED) is 0.832. The van der Waals surface area contributed by atoms with Gasteiger partial charge in [-0.05, 0) is 12.1 Å². The Bertz CT molecular complexity index is 659. The van der Waals surface area contributed by atoms with Gasteiger partial charge in [0.2, 0.25) is 15.7 Å². The molecule has 0 unspecified atom stereocenters. The fraction of sp³-hybridized carbons (Fsp3) is 0.357. The molecule has 9 heteroatoms. The number of alkyl halides is 3. The first-order chi connectivity index (χ1) is 11.0. The van der Waals surface area contributed by atoms with Gasteiger partial charge in [-0.1, -0.05) is 53.0 Å². The van der Waals surface area contributed by atoms with Crippen molar-refractivity contribution in [3.63, 3.8) is 0 Å². The smallest absolute Gasteiger partial charge is 0.250 e. The average molecular weight is 375 g/mol. The Kier molecular flexibility index (Phi) is 5.06. The number of anilines is 3. The molecule has 1 aromatic carbocycles. The largest absolute Gasteiger partial charge is 0.378 e. The van der Waals surface area contributed by atoms with Crippen molar-refractivity contribution in [2.75, 3.05) is 36.5 Å². The molecule has 6 nitrogen and oxygen atoms in total. The van der Waals surface area contributed by atoms with E-state index >= 15 is 0 Å². The molecule has 0 saturated carbocycles. The Labute approximate surface area is 148 Å². The van der Waals surface area contributed by atoms with Crippen molar-refractivity contribution in [3.8, 4) is 0 Å². The summed E-state index contributed by atoms with van der Waals surface area (Å²) in [6.07, 6.45) is 0. The molecular formula is C14H14Cl3N5O. The lowest BCUT2D eigenvalue weighted by Crippen LogP contribution is -2.38. The molecule has 23 heavy (non-hydrogen) atoms. The SMILES string of the molecule is ClC(Cl)(Cl)c1nc(Nc2ccccc2)nc(N2CCOCC2)n1. The predicted molar refractivity (Wildman–Crippen MR) is 91.8 cm³/mol. The number of benzene rings is 1. The molecule has 0 atom stereocenters. The molecule has 0 bridgehead atoms. The number of nitrogens with zero attached hydrogens (tertiary/aromatic N) is 4. The van der Waals surface area contributed by atoms with Crippen LogP contribution in [0.15, 0.2) is 30.3 Å². The van der Waals surface area contributed by atoms with Crippen LogP contribution in [0.2, 0.25) is 0 Å². The first-order valence-corrected chi connectivity index (χ1v) is 8.14. The molecule has 0 radical (unpaired) electrons. The summed E-state index contributed by atoms with van der Waals surface area (Å²) in [5.74, 6) is 0.870. The molecule has 0 aliphatic carbocycles. The van der Waals surface area contributed by atoms with Crippen LogP contribution < -0.4 is 10.2 Å². The van der Waals surface area contributed by atoms with E-state index in [0.717, 1.165) is 5.69 Å². The van der Waals surface area contributed by atoms with Crippen LogP contribution in [0.1, 0.15) is 5.82 Å². The number of para-hydroxylation sites is 1. The number of hydrogen-bond donors (Lipinski definition) is 1. The molecule has 3 rings (SSSR count). The summed E-state index contributed by atoms with van der Waals surface area (Å²) in [7, 11) is 0. The minimum Gasteiger partial charge on any atom is -0.378 e. The number of ether oxygens (including phenoxy) is 1. The maximum absolute atomic E-state index is 5.95. The summed E-state index contributed by atoms with van der Waals surface area (Å²) < 4.78 is 3.61. The molecular weight excluding hydrogens is 361 g/mol. The molecule has 0 spiro atoms. The molecule has 1 saturated heterocycles. The highest BCUT2D eigenvalue weighted by Gasteiger charge is 2.29. The third-order valence-electron chi connectivity index (χ3n) is 3.20. The lowest BCUT2D eigenvalue weighted by atomic mass is 10.3. The van der Waals surface area contributed by atoms with E-state index in [9.17, 15) is 0 Å². The number of rotatable bonds is 3. The van der Waals surface area contributed by atoms with E-state index in [1.165, 1.54) is 0 Å². The van der Waals surface area contributed by atoms with E-state index in [0.29, 0.717) is 38.2 Å². The van der Waals surface area contributed by atoms with Crippen LogP contribution in [-0.2, 0) is 8.53 Å². The Morgan fingerprint density at radius 3 is 2.35 bits per heavy atom. The summed E-state index contributed by atoms with van der Waals surface area (Å²) in [6, 6.07) is 9.52. The Morgan fingerprint density at radius 1 is 1.00 bits per heavy atom. The van der Waals surface area contributed by atoms with Gasteiger partial charge >= 0.3 is 0 Å². The van der Waals surface area contributed by atoms with Gasteiger partial charge in [0, 0.05) is 18.8 Å². The zero-order valence-electron chi connectivity index (χ0n) is 12.0. The third kappa shape index (κ3) is 4.35. The molecule has 2 heterocycles. The first kappa shape index (κ1) is 16.5. The van der Waals surface area contributed by atoms with Gasteiger partial charge in [-0.3, -0.25) is 0 Å². The second kappa shape index (κ2) is 7.05. The Hall–Kier alpha value is -1.34. The zero-order chi connectivity index (χ0) is 16.3. The van der Waals surface area contributed by atoms with Gasteiger partial charge in [0.25, 0.3) is 0 Å². The first-order valence-electron chi connectivity index (χ1n) is 7.00. The lowest BCUT2D eigenvalue weighted by Gasteiger charge is -2.27. The number of nitrogens with one attached hydrogen (secondary N) is 1. The second-order valence-corrected chi connectivity index (χ2v) is 7.15. The van der Waals surface area contributed by atoms with Gasteiger partial charge in [-0.2, -0.15) is 15.0 Å². The maximum Gasteiger partial charge on any atom is 0.250 e. The van der Waals surface area contributed by atoms with Crippen LogP contribution in [0, 0.1) is 0 Å². The van der Waals surface area contributed by atoms with Crippen molar-refractivity contribution in [3.05, 3.63) is 36.2 Å². The van der Waals surface area contributed by atoms with Crippen LogP contribution in [-0.4, -0.2) is 41.3 Å². The van der Waals surface area contributed by atoms with E-state index in [-0.39, 0.29) is 5.82 Å². The highest BCUT2D eigenvalue weighted by molar-refractivity contribution is 6.66. The molecule has 1 fully saturated rings. The van der Waals surface area contributed by atoms with Gasteiger partial charge in [0.15, 0.2) is 5.82 Å². The van der Waals surface area contributed by atoms with Gasteiger partial charge in [-0.15, -0.1) is 0 Å². The molecule has 1 N–H and O–H groups in total. The fourth-order valence-electron chi connectivity index (χ4n) is 2.10. The number of hydrogen-bond acceptors (Lipinski definition) is 6. The highest BCUT2D eigenvalue weighted by Crippen LogP contribution is 2.37. The van der Waals surface area contributed by atoms with Crippen LogP contribution in [0.3, 0.4) is 0 Å². The number of halogens is 3. The van der Waals surface area contributed by atoms with Crippen molar-refractivity contribution in [1.82, 2.24) is 15.0 Å². The van der Waals surface area contributed by atoms with Crippen LogP contribution in [0.4, 0.5) is 17.6 Å². The monoisotopic (exact) mass is 373 g/mol. The maximum atomic E-state index is 5.95. The number of aromatic nitrogens is 3. The summed E-state index contributed by atoms with van der Waals surface area (Å²) in [5.41, 5.74) is 0.835. The third-order valence-corrected chi connectivity index (χ3v) is 3.71. The minimum atomic E-state index is -1.73. The van der Waals surface area contributed by atoms with Gasteiger partial charge in [0.1, 0.15) is 0 Å². The predicted octanol–water partition coefficient (Wildman–Crippen LogP) is 3.28. The molecule has 122 valence electrons. The average Bonchev–Trinajstić information content (AvgIpc) is 2.55. The Morgan fingerprint density at radius 2 is 1.70 bits per heavy atom. The molecule has 1 aromatic heterocycles. The molecule has 0 amide bonds. The van der Waals surface area contributed by atoms with Crippen LogP contribution >= 0.6 is 34.8 Å². The summed E-state index contributed by atoms with van der Waals surface area (Å²) in [5, 5.41) is 3.10. The van der Waals surface area contributed by atoms with E-state index < -0.39 is 3.79 Å². The van der Waals surface area contributed by atoms with Crippen LogP contribution in [0.5, 0.6) is 0 Å². The molecule has 1 aliphatic heterocycles. The van der Waals surface area contributed by atoms with E-state index in [4.69, 9.17) is 39.5 Å². The van der Waals surface area contributed by atoms with Crippen molar-refractivity contribution in [1.29, 1.82) is 0 Å². The van der Waals surface area contributed by atoms with Crippen molar-refractivity contribution in [2.45, 2.75) is 3.79 Å². The summed E-state index contributed by atoms with van der Waals surface area (Å²) in [6.45, 7) is 2.56. The zero-order valence-corrected chi connectivity index (χ0v) is 14.3. The number of morpholine rings is 1. The van der Waals surface area contributed by atoms with Crippen molar-refractivity contribution < 1.29 is 4.74 Å². The normalized spacial score (nSPS) is 15.5. The lowest BCUT2D eigenvalue weighted by molar-refractivity contribution is 0.122. The van der Waals surface area contributed by atoms with E-state index in [1.807, 2.05) is 35.2 Å². The fourth-order valence-corrected chi connectivity index (χ4v) is 2.36. The topological polar surface area (TPSA) is 63.2 Å². The standard InChI is InChI=1S/C14H14Cl3N5O/c15-14(16,17)11-19-12(18-10-4-2-1-3-5-10)21-13(20-11)22-6-8-23-9-7-22/h1-5H,6-9H2,(H,18,19,20,21). The van der Waals surface area contributed by atoms with Crippen molar-refractivity contribution in [2.24, 2.45) is 0 Å². The molecule has 2 aromatic rings. The van der Waals surface area contributed by atoms with E-state index in [2.05, 4.69) is 20.3 Å². The van der Waals surface area contributed by atoms with Crippen molar-refractivity contribution >= 4 is 52.4 Å². The second-order valence-electron chi connectivity index (χ2n) is 4.87. The van der Waals surface area contributed by atoms with E-state index in [1.54, 1.807) is 0 Å².